The second-order valence-electron chi connectivity index (χ2n) is 4.00. The SMILES string of the molecule is COc1cc(Cl)c(C(N)c2cscc2C)cc1Cl. The van der Waals surface area contributed by atoms with Gasteiger partial charge < -0.3 is 10.5 Å². The van der Waals surface area contributed by atoms with Crippen molar-refractivity contribution in [2.75, 3.05) is 7.11 Å². The molecule has 1 unspecified atom stereocenters. The van der Waals surface area contributed by atoms with Gasteiger partial charge in [-0.1, -0.05) is 23.2 Å². The van der Waals surface area contributed by atoms with E-state index in [0.717, 1.165) is 16.7 Å². The smallest absolute Gasteiger partial charge is 0.138 e. The second kappa shape index (κ2) is 5.49. The normalized spacial score (nSPS) is 12.5. The predicted octanol–water partition coefficient (Wildman–Crippen LogP) is 4.42. The number of ether oxygens (including phenoxy) is 1. The van der Waals surface area contributed by atoms with Crippen molar-refractivity contribution in [1.82, 2.24) is 0 Å². The Balaban J connectivity index is 2.46. The van der Waals surface area contributed by atoms with Crippen LogP contribution in [-0.4, -0.2) is 7.11 Å². The van der Waals surface area contributed by atoms with Crippen molar-refractivity contribution in [2.45, 2.75) is 13.0 Å². The Morgan fingerprint density at radius 2 is 1.89 bits per heavy atom. The Morgan fingerprint density at radius 1 is 1.17 bits per heavy atom. The lowest BCUT2D eigenvalue weighted by Gasteiger charge is -2.15. The summed E-state index contributed by atoms with van der Waals surface area (Å²) in [6, 6.07) is 3.19. The van der Waals surface area contributed by atoms with E-state index in [-0.39, 0.29) is 6.04 Å². The number of hydrogen-bond donors (Lipinski definition) is 1. The molecule has 0 saturated carbocycles. The number of hydrogen-bond acceptors (Lipinski definition) is 3. The fourth-order valence-corrected chi connectivity index (χ4v) is 3.20. The van der Waals surface area contributed by atoms with Gasteiger partial charge in [0.1, 0.15) is 5.75 Å². The fraction of sp³-hybridized carbons (Fsp3) is 0.231. The number of rotatable bonds is 3. The van der Waals surface area contributed by atoms with E-state index >= 15 is 0 Å². The minimum Gasteiger partial charge on any atom is -0.495 e. The zero-order chi connectivity index (χ0) is 13.3. The van der Waals surface area contributed by atoms with E-state index in [1.165, 1.54) is 0 Å². The first-order valence-corrected chi connectivity index (χ1v) is 7.05. The summed E-state index contributed by atoms with van der Waals surface area (Å²) in [6.07, 6.45) is 0. The molecular formula is C13H13Cl2NOS. The molecule has 0 fully saturated rings. The van der Waals surface area contributed by atoms with E-state index in [9.17, 15) is 0 Å². The van der Waals surface area contributed by atoms with Crippen LogP contribution in [0.25, 0.3) is 0 Å². The number of halogens is 2. The molecule has 1 aromatic carbocycles. The summed E-state index contributed by atoms with van der Waals surface area (Å²) in [6.45, 7) is 2.03. The fourth-order valence-electron chi connectivity index (χ4n) is 1.80. The summed E-state index contributed by atoms with van der Waals surface area (Å²) >= 11 is 14.0. The van der Waals surface area contributed by atoms with Gasteiger partial charge >= 0.3 is 0 Å². The van der Waals surface area contributed by atoms with Gasteiger partial charge in [-0.25, -0.2) is 0 Å². The van der Waals surface area contributed by atoms with Gasteiger partial charge in [-0.3, -0.25) is 0 Å². The molecule has 0 aliphatic heterocycles. The maximum atomic E-state index is 6.25. The van der Waals surface area contributed by atoms with E-state index in [0.29, 0.717) is 15.8 Å². The maximum absolute atomic E-state index is 6.25. The van der Waals surface area contributed by atoms with Crippen LogP contribution in [0.15, 0.2) is 22.9 Å². The van der Waals surface area contributed by atoms with Crippen molar-refractivity contribution >= 4 is 34.5 Å². The minimum absolute atomic E-state index is 0.271. The third-order valence-electron chi connectivity index (χ3n) is 2.84. The summed E-state index contributed by atoms with van der Waals surface area (Å²) < 4.78 is 5.12. The Labute approximate surface area is 120 Å². The van der Waals surface area contributed by atoms with Gasteiger partial charge in [0.15, 0.2) is 0 Å². The number of benzene rings is 1. The first kappa shape index (κ1) is 13.7. The highest BCUT2D eigenvalue weighted by Crippen LogP contribution is 2.36. The minimum atomic E-state index is -0.271. The van der Waals surface area contributed by atoms with Crippen molar-refractivity contribution in [3.63, 3.8) is 0 Å². The molecule has 0 amide bonds. The van der Waals surface area contributed by atoms with Crippen LogP contribution in [0.2, 0.25) is 10.0 Å². The van der Waals surface area contributed by atoms with Gasteiger partial charge in [-0.2, -0.15) is 11.3 Å². The molecule has 1 atom stereocenters. The van der Waals surface area contributed by atoms with Crippen LogP contribution in [-0.2, 0) is 0 Å². The summed E-state index contributed by atoms with van der Waals surface area (Å²) in [7, 11) is 1.56. The Kier molecular flexibility index (Phi) is 4.17. The Bertz CT molecular complexity index is 568. The monoisotopic (exact) mass is 301 g/mol. The zero-order valence-corrected chi connectivity index (χ0v) is 12.4. The van der Waals surface area contributed by atoms with Gasteiger partial charge in [-0.05, 0) is 40.4 Å². The molecule has 0 radical (unpaired) electrons. The first-order valence-electron chi connectivity index (χ1n) is 5.35. The second-order valence-corrected chi connectivity index (χ2v) is 5.55. The van der Waals surface area contributed by atoms with Crippen LogP contribution in [0.1, 0.15) is 22.7 Å². The molecule has 2 aromatic rings. The van der Waals surface area contributed by atoms with Crippen molar-refractivity contribution in [3.8, 4) is 5.75 Å². The third kappa shape index (κ3) is 2.50. The topological polar surface area (TPSA) is 35.2 Å². The summed E-state index contributed by atoms with van der Waals surface area (Å²) in [5, 5.41) is 5.18. The third-order valence-corrected chi connectivity index (χ3v) is 4.34. The van der Waals surface area contributed by atoms with Crippen LogP contribution >= 0.6 is 34.5 Å². The molecule has 0 spiro atoms. The van der Waals surface area contributed by atoms with Crippen molar-refractivity contribution in [3.05, 3.63) is 49.6 Å². The quantitative estimate of drug-likeness (QED) is 0.911. The largest absolute Gasteiger partial charge is 0.495 e. The van der Waals surface area contributed by atoms with Crippen LogP contribution < -0.4 is 10.5 Å². The molecular weight excluding hydrogens is 289 g/mol. The van der Waals surface area contributed by atoms with Gasteiger partial charge in [0.2, 0.25) is 0 Å². The molecule has 2 rings (SSSR count). The molecule has 1 aromatic heterocycles. The van der Waals surface area contributed by atoms with E-state index in [2.05, 4.69) is 5.38 Å². The van der Waals surface area contributed by atoms with Gasteiger partial charge in [0.25, 0.3) is 0 Å². The lowest BCUT2D eigenvalue weighted by Crippen LogP contribution is -2.12. The van der Waals surface area contributed by atoms with Gasteiger partial charge in [-0.15, -0.1) is 0 Å². The van der Waals surface area contributed by atoms with E-state index in [1.54, 1.807) is 30.6 Å². The molecule has 18 heavy (non-hydrogen) atoms. The zero-order valence-electron chi connectivity index (χ0n) is 10.0. The van der Waals surface area contributed by atoms with Crippen LogP contribution in [0.3, 0.4) is 0 Å². The molecule has 0 aliphatic rings. The molecule has 5 heteroatoms. The average Bonchev–Trinajstić information content (AvgIpc) is 2.77. The van der Waals surface area contributed by atoms with Crippen molar-refractivity contribution in [1.29, 1.82) is 0 Å². The lowest BCUT2D eigenvalue weighted by molar-refractivity contribution is 0.415. The highest BCUT2D eigenvalue weighted by Gasteiger charge is 2.17. The highest BCUT2D eigenvalue weighted by molar-refractivity contribution is 7.08. The lowest BCUT2D eigenvalue weighted by atomic mass is 9.99. The van der Waals surface area contributed by atoms with Crippen molar-refractivity contribution < 1.29 is 4.74 Å². The molecule has 0 bridgehead atoms. The molecule has 1 heterocycles. The predicted molar refractivity (Wildman–Crippen MR) is 78.1 cm³/mol. The summed E-state index contributed by atoms with van der Waals surface area (Å²) in [4.78, 5) is 0. The van der Waals surface area contributed by atoms with Gasteiger partial charge in [0, 0.05) is 11.1 Å². The number of aryl methyl sites for hydroxylation is 1. The van der Waals surface area contributed by atoms with E-state index in [1.807, 2.05) is 12.3 Å². The molecule has 96 valence electrons. The van der Waals surface area contributed by atoms with Crippen molar-refractivity contribution in [2.24, 2.45) is 5.73 Å². The molecule has 0 saturated heterocycles. The summed E-state index contributed by atoms with van der Waals surface area (Å²) in [5.41, 5.74) is 9.29. The molecule has 2 nitrogen and oxygen atoms in total. The number of thiophene rings is 1. The molecule has 2 N–H and O–H groups in total. The Morgan fingerprint density at radius 3 is 2.44 bits per heavy atom. The van der Waals surface area contributed by atoms with Crippen LogP contribution in [0.4, 0.5) is 0 Å². The van der Waals surface area contributed by atoms with Gasteiger partial charge in [0.05, 0.1) is 18.2 Å². The van der Waals surface area contributed by atoms with E-state index in [4.69, 9.17) is 33.7 Å². The average molecular weight is 302 g/mol. The standard InChI is InChI=1S/C13H13Cl2NOS/c1-7-5-18-6-9(7)13(16)8-3-11(15)12(17-2)4-10(8)14/h3-6,13H,16H2,1-2H3. The Hall–Kier alpha value is -0.740. The first-order chi connectivity index (χ1) is 8.54. The maximum Gasteiger partial charge on any atom is 0.138 e. The summed E-state index contributed by atoms with van der Waals surface area (Å²) in [5.74, 6) is 0.555. The number of methoxy groups -OCH3 is 1. The van der Waals surface area contributed by atoms with E-state index < -0.39 is 0 Å². The van der Waals surface area contributed by atoms with Crippen LogP contribution in [0.5, 0.6) is 5.75 Å². The highest BCUT2D eigenvalue weighted by atomic mass is 35.5. The van der Waals surface area contributed by atoms with Crippen LogP contribution in [0, 0.1) is 6.92 Å². The molecule has 0 aliphatic carbocycles. The number of nitrogens with two attached hydrogens (primary N) is 1.